The van der Waals surface area contributed by atoms with E-state index in [0.717, 1.165) is 18.9 Å². The highest BCUT2D eigenvalue weighted by Gasteiger charge is 2.56. The zero-order valence-corrected chi connectivity index (χ0v) is 10.2. The van der Waals surface area contributed by atoms with Crippen molar-refractivity contribution < 1.29 is 9.84 Å². The van der Waals surface area contributed by atoms with Gasteiger partial charge in [0, 0.05) is 18.4 Å². The van der Waals surface area contributed by atoms with Gasteiger partial charge in [-0.2, -0.15) is 0 Å². The first-order valence-electron chi connectivity index (χ1n) is 7.11. The Morgan fingerprint density at radius 3 is 2.44 bits per heavy atom. The van der Waals surface area contributed by atoms with E-state index < -0.39 is 0 Å². The molecule has 3 rings (SSSR count). The Hall–Kier alpha value is -0.0800. The molecule has 0 bridgehead atoms. The largest absolute Gasteiger partial charge is 0.392 e. The van der Waals surface area contributed by atoms with Crippen molar-refractivity contribution in [2.45, 2.75) is 70.0 Å². The monoisotopic (exact) mass is 224 g/mol. The molecule has 2 heteroatoms. The Kier molecular flexibility index (Phi) is 2.97. The van der Waals surface area contributed by atoms with E-state index in [4.69, 9.17) is 4.74 Å². The number of aliphatic hydroxyl groups is 1. The van der Waals surface area contributed by atoms with E-state index in [1.54, 1.807) is 0 Å². The highest BCUT2D eigenvalue weighted by atomic mass is 16.5. The summed E-state index contributed by atoms with van der Waals surface area (Å²) >= 11 is 0. The maximum Gasteiger partial charge on any atom is 0.0680 e. The summed E-state index contributed by atoms with van der Waals surface area (Å²) < 4.78 is 6.03. The van der Waals surface area contributed by atoms with Crippen LogP contribution in [-0.4, -0.2) is 23.9 Å². The van der Waals surface area contributed by atoms with Crippen LogP contribution in [0.5, 0.6) is 0 Å². The Bertz CT molecular complexity index is 241. The third-order valence-corrected chi connectivity index (χ3v) is 5.35. The SMILES string of the molecule is OC1CC(OCCC2CCC2)C12CCCC2. The minimum absolute atomic E-state index is 0.0660. The van der Waals surface area contributed by atoms with Gasteiger partial charge in [0.05, 0.1) is 12.2 Å². The topological polar surface area (TPSA) is 29.5 Å². The standard InChI is InChI=1S/C14H24O2/c15-12-10-13(14(12)7-1-2-8-14)16-9-6-11-4-3-5-11/h11-13,15H,1-10H2. The van der Waals surface area contributed by atoms with Gasteiger partial charge < -0.3 is 9.84 Å². The minimum atomic E-state index is -0.0660. The van der Waals surface area contributed by atoms with Gasteiger partial charge in [0.15, 0.2) is 0 Å². The van der Waals surface area contributed by atoms with Crippen LogP contribution in [0.3, 0.4) is 0 Å². The molecule has 0 saturated heterocycles. The molecule has 2 atom stereocenters. The zero-order chi connectivity index (χ0) is 11.0. The van der Waals surface area contributed by atoms with Crippen molar-refractivity contribution in [3.05, 3.63) is 0 Å². The predicted octanol–water partition coefficient (Wildman–Crippen LogP) is 2.89. The Morgan fingerprint density at radius 2 is 1.88 bits per heavy atom. The van der Waals surface area contributed by atoms with E-state index in [-0.39, 0.29) is 11.5 Å². The lowest BCUT2D eigenvalue weighted by Gasteiger charge is -2.51. The number of ether oxygens (including phenoxy) is 1. The lowest BCUT2D eigenvalue weighted by molar-refractivity contribution is -0.191. The molecule has 16 heavy (non-hydrogen) atoms. The highest BCUT2D eigenvalue weighted by Crippen LogP contribution is 2.54. The second kappa shape index (κ2) is 4.30. The van der Waals surface area contributed by atoms with Crippen LogP contribution in [-0.2, 0) is 4.74 Å². The molecule has 0 aliphatic heterocycles. The summed E-state index contributed by atoms with van der Waals surface area (Å²) in [5.41, 5.74) is 0.180. The van der Waals surface area contributed by atoms with Crippen molar-refractivity contribution >= 4 is 0 Å². The molecule has 2 unspecified atom stereocenters. The van der Waals surface area contributed by atoms with Crippen molar-refractivity contribution in [3.8, 4) is 0 Å². The third-order valence-electron chi connectivity index (χ3n) is 5.35. The molecule has 3 saturated carbocycles. The van der Waals surface area contributed by atoms with Crippen molar-refractivity contribution in [1.29, 1.82) is 0 Å². The first kappa shape index (κ1) is 11.0. The van der Waals surface area contributed by atoms with Crippen molar-refractivity contribution in [3.63, 3.8) is 0 Å². The zero-order valence-electron chi connectivity index (χ0n) is 10.2. The van der Waals surface area contributed by atoms with Crippen LogP contribution >= 0.6 is 0 Å². The van der Waals surface area contributed by atoms with Crippen molar-refractivity contribution in [2.75, 3.05) is 6.61 Å². The van der Waals surface area contributed by atoms with Gasteiger partial charge in [0.1, 0.15) is 0 Å². The van der Waals surface area contributed by atoms with E-state index in [2.05, 4.69) is 0 Å². The van der Waals surface area contributed by atoms with Crippen LogP contribution in [0.2, 0.25) is 0 Å². The molecule has 2 nitrogen and oxygen atoms in total. The van der Waals surface area contributed by atoms with E-state index in [9.17, 15) is 5.11 Å². The fourth-order valence-electron chi connectivity index (χ4n) is 3.81. The molecule has 0 amide bonds. The Labute approximate surface area is 98.4 Å². The number of hydrogen-bond donors (Lipinski definition) is 1. The fourth-order valence-corrected chi connectivity index (χ4v) is 3.81. The van der Waals surface area contributed by atoms with Crippen LogP contribution in [0.1, 0.15) is 57.8 Å². The number of aliphatic hydroxyl groups excluding tert-OH is 1. The Balaban J connectivity index is 1.44. The van der Waals surface area contributed by atoms with Gasteiger partial charge in [-0.1, -0.05) is 32.1 Å². The number of hydrogen-bond acceptors (Lipinski definition) is 2. The van der Waals surface area contributed by atoms with Crippen molar-refractivity contribution in [1.82, 2.24) is 0 Å². The normalized spacial score (nSPS) is 37.3. The Morgan fingerprint density at radius 1 is 1.12 bits per heavy atom. The second-order valence-electron chi connectivity index (χ2n) is 6.14. The molecule has 3 aliphatic rings. The average Bonchev–Trinajstić information content (AvgIpc) is 2.71. The average molecular weight is 224 g/mol. The molecule has 0 aromatic heterocycles. The maximum absolute atomic E-state index is 9.95. The molecule has 0 aromatic carbocycles. The minimum Gasteiger partial charge on any atom is -0.392 e. The maximum atomic E-state index is 9.95. The number of rotatable bonds is 4. The smallest absolute Gasteiger partial charge is 0.0680 e. The molecule has 0 aromatic rings. The molecule has 1 spiro atoms. The van der Waals surface area contributed by atoms with Gasteiger partial charge in [0.25, 0.3) is 0 Å². The van der Waals surface area contributed by atoms with Gasteiger partial charge in [-0.25, -0.2) is 0 Å². The first-order chi connectivity index (χ1) is 7.81. The van der Waals surface area contributed by atoms with Crippen LogP contribution in [0.15, 0.2) is 0 Å². The van der Waals surface area contributed by atoms with E-state index in [1.807, 2.05) is 0 Å². The molecule has 3 aliphatic carbocycles. The van der Waals surface area contributed by atoms with E-state index in [0.29, 0.717) is 6.10 Å². The van der Waals surface area contributed by atoms with Crippen LogP contribution < -0.4 is 0 Å². The first-order valence-corrected chi connectivity index (χ1v) is 7.11. The predicted molar refractivity (Wildman–Crippen MR) is 63.2 cm³/mol. The molecular formula is C14H24O2. The lowest BCUT2D eigenvalue weighted by Crippen LogP contribution is -2.56. The molecule has 0 radical (unpaired) electrons. The van der Waals surface area contributed by atoms with Crippen molar-refractivity contribution in [2.24, 2.45) is 11.3 Å². The molecule has 1 N–H and O–H groups in total. The summed E-state index contributed by atoms with van der Waals surface area (Å²) in [6.45, 7) is 0.934. The summed E-state index contributed by atoms with van der Waals surface area (Å²) in [6, 6.07) is 0. The second-order valence-corrected chi connectivity index (χ2v) is 6.14. The summed E-state index contributed by atoms with van der Waals surface area (Å²) in [6.07, 6.45) is 11.7. The molecule has 3 fully saturated rings. The van der Waals surface area contributed by atoms with Gasteiger partial charge in [-0.3, -0.25) is 0 Å². The summed E-state index contributed by atoms with van der Waals surface area (Å²) in [5, 5.41) is 9.95. The highest BCUT2D eigenvalue weighted by molar-refractivity contribution is 5.06. The summed E-state index contributed by atoms with van der Waals surface area (Å²) in [5.74, 6) is 0.949. The summed E-state index contributed by atoms with van der Waals surface area (Å²) in [4.78, 5) is 0. The quantitative estimate of drug-likeness (QED) is 0.795. The van der Waals surface area contributed by atoms with Crippen LogP contribution in [0, 0.1) is 11.3 Å². The molecule has 92 valence electrons. The van der Waals surface area contributed by atoms with E-state index >= 15 is 0 Å². The van der Waals surface area contributed by atoms with Crippen LogP contribution in [0.4, 0.5) is 0 Å². The van der Waals surface area contributed by atoms with Gasteiger partial charge in [-0.15, -0.1) is 0 Å². The lowest BCUT2D eigenvalue weighted by atomic mass is 9.62. The third kappa shape index (κ3) is 1.70. The van der Waals surface area contributed by atoms with Crippen LogP contribution in [0.25, 0.3) is 0 Å². The molecular weight excluding hydrogens is 200 g/mol. The van der Waals surface area contributed by atoms with Gasteiger partial charge in [0.2, 0.25) is 0 Å². The summed E-state index contributed by atoms with van der Waals surface area (Å²) in [7, 11) is 0. The van der Waals surface area contributed by atoms with E-state index in [1.165, 1.54) is 51.4 Å². The fraction of sp³-hybridized carbons (Fsp3) is 1.00. The van der Waals surface area contributed by atoms with Gasteiger partial charge in [-0.05, 0) is 25.2 Å². The van der Waals surface area contributed by atoms with Gasteiger partial charge >= 0.3 is 0 Å². The molecule has 0 heterocycles.